The van der Waals surface area contributed by atoms with E-state index in [1.54, 1.807) is 11.3 Å². The predicted octanol–water partition coefficient (Wildman–Crippen LogP) is 2.05. The fourth-order valence-corrected chi connectivity index (χ4v) is 5.19. The summed E-state index contributed by atoms with van der Waals surface area (Å²) in [6.07, 6.45) is 1.92. The minimum absolute atomic E-state index is 1.06. The number of likely N-dealkylation sites (N-methyl/N-ethyl adjacent to an activating group) is 2. The molecule has 0 saturated carbocycles. The van der Waals surface area contributed by atoms with Crippen LogP contribution in [0.15, 0.2) is 11.6 Å². The van der Waals surface area contributed by atoms with Gasteiger partial charge in [0.25, 0.3) is 0 Å². The number of piperazine rings is 2. The lowest BCUT2D eigenvalue weighted by Gasteiger charge is -2.34. The molecule has 0 aromatic carbocycles. The molecular formula is C21H34N6S. The average Bonchev–Trinajstić information content (AvgIpc) is 3.28. The van der Waals surface area contributed by atoms with E-state index in [2.05, 4.69) is 62.5 Å². The molecule has 0 N–H and O–H groups in total. The van der Waals surface area contributed by atoms with Crippen molar-refractivity contribution in [2.24, 2.45) is 0 Å². The van der Waals surface area contributed by atoms with Gasteiger partial charge in [-0.05, 0) is 39.1 Å². The summed E-state index contributed by atoms with van der Waals surface area (Å²) < 4.78 is 2.39. The number of thiazole rings is 1. The van der Waals surface area contributed by atoms with Crippen molar-refractivity contribution in [3.63, 3.8) is 0 Å². The van der Waals surface area contributed by atoms with Crippen LogP contribution in [-0.4, -0.2) is 95.6 Å². The Bertz CT molecular complexity index is 720. The van der Waals surface area contributed by atoms with Crippen molar-refractivity contribution in [3.8, 4) is 5.13 Å². The fraction of sp³-hybridized carbons (Fsp3) is 0.667. The van der Waals surface area contributed by atoms with Crippen LogP contribution in [-0.2, 0) is 13.1 Å². The number of aromatic nitrogens is 2. The second kappa shape index (κ2) is 8.63. The third-order valence-electron chi connectivity index (χ3n) is 6.47. The monoisotopic (exact) mass is 402 g/mol. The fourth-order valence-electron chi connectivity index (χ4n) is 4.45. The van der Waals surface area contributed by atoms with Crippen molar-refractivity contribution in [2.75, 3.05) is 66.5 Å². The highest BCUT2D eigenvalue weighted by atomic mass is 32.1. The van der Waals surface area contributed by atoms with Gasteiger partial charge in [0.2, 0.25) is 0 Å². The maximum Gasteiger partial charge on any atom is 0.193 e. The second-order valence-electron chi connectivity index (χ2n) is 8.44. The first-order valence-corrected chi connectivity index (χ1v) is 11.3. The van der Waals surface area contributed by atoms with Gasteiger partial charge in [0.1, 0.15) is 0 Å². The van der Waals surface area contributed by atoms with Crippen molar-refractivity contribution in [3.05, 3.63) is 34.1 Å². The van der Waals surface area contributed by atoms with Gasteiger partial charge in [-0.1, -0.05) is 0 Å². The summed E-state index contributed by atoms with van der Waals surface area (Å²) in [5, 5.41) is 3.17. The molecule has 2 saturated heterocycles. The largest absolute Gasteiger partial charge is 0.304 e. The Morgan fingerprint density at radius 3 is 1.64 bits per heavy atom. The van der Waals surface area contributed by atoms with Gasteiger partial charge in [-0.2, -0.15) is 0 Å². The molecule has 2 aromatic heterocycles. The third kappa shape index (κ3) is 4.19. The van der Waals surface area contributed by atoms with Gasteiger partial charge in [-0.3, -0.25) is 14.4 Å². The Labute approximate surface area is 173 Å². The third-order valence-corrected chi connectivity index (χ3v) is 7.23. The summed E-state index contributed by atoms with van der Waals surface area (Å²) in [6.45, 7) is 16.0. The van der Waals surface area contributed by atoms with Crippen LogP contribution in [0.2, 0.25) is 0 Å². The van der Waals surface area contributed by atoms with Crippen LogP contribution in [0.1, 0.15) is 22.5 Å². The minimum atomic E-state index is 1.06. The molecular weight excluding hydrogens is 368 g/mol. The molecule has 28 heavy (non-hydrogen) atoms. The van der Waals surface area contributed by atoms with E-state index >= 15 is 0 Å². The molecule has 2 fully saturated rings. The van der Waals surface area contributed by atoms with Crippen molar-refractivity contribution < 1.29 is 0 Å². The Kier molecular flexibility index (Phi) is 6.18. The molecule has 0 spiro atoms. The summed E-state index contributed by atoms with van der Waals surface area (Å²) in [6, 6.07) is 0. The lowest BCUT2D eigenvalue weighted by Crippen LogP contribution is -2.45. The number of hydrogen-bond acceptors (Lipinski definition) is 6. The van der Waals surface area contributed by atoms with Crippen molar-refractivity contribution in [1.29, 1.82) is 0 Å². The topological polar surface area (TPSA) is 30.8 Å². The van der Waals surface area contributed by atoms with Crippen LogP contribution in [0.25, 0.3) is 5.13 Å². The van der Waals surface area contributed by atoms with Gasteiger partial charge in [-0.25, -0.2) is 4.98 Å². The van der Waals surface area contributed by atoms with Gasteiger partial charge >= 0.3 is 0 Å². The average molecular weight is 403 g/mol. The van der Waals surface area contributed by atoms with Crippen LogP contribution in [0.3, 0.4) is 0 Å². The molecule has 6 nitrogen and oxygen atoms in total. The highest BCUT2D eigenvalue weighted by molar-refractivity contribution is 7.12. The zero-order valence-electron chi connectivity index (χ0n) is 17.8. The van der Waals surface area contributed by atoms with Crippen LogP contribution >= 0.6 is 11.3 Å². The van der Waals surface area contributed by atoms with E-state index in [0.29, 0.717) is 0 Å². The summed E-state index contributed by atoms with van der Waals surface area (Å²) in [7, 11) is 4.45. The van der Waals surface area contributed by atoms with Crippen LogP contribution in [0.5, 0.6) is 0 Å². The molecule has 0 bridgehead atoms. The molecule has 4 heterocycles. The molecule has 4 rings (SSSR count). The van der Waals surface area contributed by atoms with E-state index in [1.165, 1.54) is 48.7 Å². The predicted molar refractivity (Wildman–Crippen MR) is 116 cm³/mol. The normalized spacial score (nSPS) is 20.9. The summed E-state index contributed by atoms with van der Waals surface area (Å²) in [5.41, 5.74) is 5.79. The maximum atomic E-state index is 4.62. The molecule has 2 aromatic rings. The molecule has 7 heteroatoms. The molecule has 0 aliphatic carbocycles. The van der Waals surface area contributed by atoms with Gasteiger partial charge < -0.3 is 9.80 Å². The summed E-state index contributed by atoms with van der Waals surface area (Å²) >= 11 is 1.73. The van der Waals surface area contributed by atoms with Crippen LogP contribution in [0, 0.1) is 13.8 Å². The molecule has 154 valence electrons. The van der Waals surface area contributed by atoms with Gasteiger partial charge in [0.15, 0.2) is 5.13 Å². The second-order valence-corrected chi connectivity index (χ2v) is 9.31. The van der Waals surface area contributed by atoms with E-state index in [4.69, 9.17) is 0 Å². The molecule has 0 amide bonds. The van der Waals surface area contributed by atoms with Gasteiger partial charge in [0, 0.05) is 88.4 Å². The van der Waals surface area contributed by atoms with Crippen LogP contribution in [0.4, 0.5) is 0 Å². The highest BCUT2D eigenvalue weighted by Crippen LogP contribution is 2.30. The first kappa shape index (κ1) is 20.0. The van der Waals surface area contributed by atoms with Crippen molar-refractivity contribution in [1.82, 2.24) is 29.2 Å². The zero-order valence-corrected chi connectivity index (χ0v) is 18.6. The Hall–Kier alpha value is -1.25. The van der Waals surface area contributed by atoms with E-state index in [0.717, 1.165) is 44.4 Å². The summed E-state index contributed by atoms with van der Waals surface area (Å²) in [5.74, 6) is 0. The van der Waals surface area contributed by atoms with Crippen molar-refractivity contribution in [2.45, 2.75) is 26.9 Å². The number of hydrogen-bond donors (Lipinski definition) is 0. The van der Waals surface area contributed by atoms with Gasteiger partial charge in [-0.15, -0.1) is 11.3 Å². The lowest BCUT2D eigenvalue weighted by atomic mass is 10.1. The number of nitrogens with zero attached hydrogens (tertiary/aromatic N) is 6. The van der Waals surface area contributed by atoms with E-state index in [9.17, 15) is 0 Å². The smallest absolute Gasteiger partial charge is 0.193 e. The molecule has 0 atom stereocenters. The summed E-state index contributed by atoms with van der Waals surface area (Å²) in [4.78, 5) is 14.7. The molecule has 0 unspecified atom stereocenters. The Morgan fingerprint density at radius 2 is 1.25 bits per heavy atom. The SMILES string of the molecule is Cc1c(CN2CCN(C)CC2)c(CN2CCN(C)CC2)c(C)n1-c1nccs1. The first-order chi connectivity index (χ1) is 13.5. The van der Waals surface area contributed by atoms with Gasteiger partial charge in [0.05, 0.1) is 0 Å². The quantitative estimate of drug-likeness (QED) is 0.764. The van der Waals surface area contributed by atoms with Crippen molar-refractivity contribution >= 4 is 11.3 Å². The molecule has 2 aliphatic heterocycles. The Balaban J connectivity index is 1.63. The van der Waals surface area contributed by atoms with E-state index in [-0.39, 0.29) is 0 Å². The standard InChI is InChI=1S/C21H34N6S/c1-17-19(15-25-10-6-23(3)7-11-25)20(16-26-12-8-24(4)9-13-26)18(2)27(17)21-22-5-14-28-21/h5,14H,6-13,15-16H2,1-4H3. The maximum absolute atomic E-state index is 4.62. The molecule has 0 radical (unpaired) electrons. The van der Waals surface area contributed by atoms with Crippen LogP contribution < -0.4 is 0 Å². The van der Waals surface area contributed by atoms with E-state index in [1.807, 2.05) is 6.20 Å². The minimum Gasteiger partial charge on any atom is -0.304 e. The number of rotatable bonds is 5. The zero-order chi connectivity index (χ0) is 19.7. The highest BCUT2D eigenvalue weighted by Gasteiger charge is 2.25. The Morgan fingerprint density at radius 1 is 0.786 bits per heavy atom. The van der Waals surface area contributed by atoms with E-state index < -0.39 is 0 Å². The lowest BCUT2D eigenvalue weighted by molar-refractivity contribution is 0.141. The molecule has 2 aliphatic rings. The first-order valence-electron chi connectivity index (χ1n) is 10.4.